The van der Waals surface area contributed by atoms with Crippen LogP contribution in [0.1, 0.15) is 15.9 Å². The Bertz CT molecular complexity index is 684. The topological polar surface area (TPSA) is 103 Å². The number of carboxylic acids is 1. The average molecular weight is 274 g/mol. The molecular weight excluding hydrogens is 264 g/mol. The van der Waals surface area contributed by atoms with Crippen LogP contribution < -0.4 is 4.74 Å². The predicted molar refractivity (Wildman–Crippen MR) is 69.1 cm³/mol. The van der Waals surface area contributed by atoms with Gasteiger partial charge in [0, 0.05) is 30.6 Å². The third kappa shape index (κ3) is 2.72. The van der Waals surface area contributed by atoms with E-state index in [0.717, 1.165) is 0 Å². The number of nitro benzene ring substituents is 1. The van der Waals surface area contributed by atoms with Crippen LogP contribution in [-0.2, 0) is 0 Å². The molecule has 1 aromatic heterocycles. The Hall–Kier alpha value is -2.96. The van der Waals surface area contributed by atoms with E-state index in [9.17, 15) is 14.9 Å². The quantitative estimate of drug-likeness (QED) is 0.679. The number of benzene rings is 1. The molecule has 0 amide bonds. The van der Waals surface area contributed by atoms with E-state index in [-0.39, 0.29) is 17.0 Å². The third-order valence-electron chi connectivity index (χ3n) is 2.60. The fourth-order valence-electron chi connectivity index (χ4n) is 1.61. The maximum atomic E-state index is 11.0. The van der Waals surface area contributed by atoms with Gasteiger partial charge in [-0.3, -0.25) is 15.1 Å². The van der Waals surface area contributed by atoms with E-state index >= 15 is 0 Å². The van der Waals surface area contributed by atoms with Crippen LogP contribution in [0.15, 0.2) is 36.7 Å². The Labute approximate surface area is 113 Å². The molecule has 1 aromatic carbocycles. The zero-order valence-electron chi connectivity index (χ0n) is 10.4. The summed E-state index contributed by atoms with van der Waals surface area (Å²) in [6, 6.07) is 5.50. The van der Waals surface area contributed by atoms with E-state index in [1.807, 2.05) is 0 Å². The maximum absolute atomic E-state index is 11.0. The Kier molecular flexibility index (Phi) is 3.60. The molecule has 0 atom stereocenters. The molecule has 102 valence electrons. The smallest absolute Gasteiger partial charge is 0.341 e. The highest BCUT2D eigenvalue weighted by molar-refractivity contribution is 5.90. The summed E-state index contributed by atoms with van der Waals surface area (Å²) < 4.78 is 5.49. The predicted octanol–water partition coefficient (Wildman–Crippen LogP) is 2.79. The Morgan fingerprint density at radius 3 is 2.70 bits per heavy atom. The maximum Gasteiger partial charge on any atom is 0.341 e. The second-order valence-electron chi connectivity index (χ2n) is 3.99. The monoisotopic (exact) mass is 274 g/mol. The van der Waals surface area contributed by atoms with E-state index in [2.05, 4.69) is 4.98 Å². The molecule has 0 spiro atoms. The second-order valence-corrected chi connectivity index (χ2v) is 3.99. The molecule has 0 aliphatic rings. The Morgan fingerprint density at radius 1 is 1.35 bits per heavy atom. The second kappa shape index (κ2) is 5.35. The largest absolute Gasteiger partial charge is 0.477 e. The lowest BCUT2D eigenvalue weighted by molar-refractivity contribution is -0.384. The molecule has 0 fully saturated rings. The van der Waals surface area contributed by atoms with Crippen molar-refractivity contribution in [2.24, 2.45) is 0 Å². The Balaban J connectivity index is 2.36. The lowest BCUT2D eigenvalue weighted by atomic mass is 10.2. The first-order valence-electron chi connectivity index (χ1n) is 5.59. The number of ether oxygens (including phenoxy) is 1. The van der Waals surface area contributed by atoms with Gasteiger partial charge >= 0.3 is 5.97 Å². The molecule has 0 aliphatic carbocycles. The lowest BCUT2D eigenvalue weighted by Crippen LogP contribution is -2.01. The van der Waals surface area contributed by atoms with Crippen LogP contribution in [0.2, 0.25) is 0 Å². The van der Waals surface area contributed by atoms with E-state index < -0.39 is 10.9 Å². The number of hydrogen-bond acceptors (Lipinski definition) is 5. The molecule has 2 aromatic rings. The third-order valence-corrected chi connectivity index (χ3v) is 2.60. The summed E-state index contributed by atoms with van der Waals surface area (Å²) in [5, 5.41) is 19.7. The molecule has 0 unspecified atom stereocenters. The van der Waals surface area contributed by atoms with E-state index in [1.54, 1.807) is 6.92 Å². The number of aromatic nitrogens is 1. The summed E-state index contributed by atoms with van der Waals surface area (Å²) in [6.07, 6.45) is 2.58. The van der Waals surface area contributed by atoms with Crippen LogP contribution in [0.3, 0.4) is 0 Å². The summed E-state index contributed by atoms with van der Waals surface area (Å²) in [7, 11) is 0. The van der Waals surface area contributed by atoms with Crippen LogP contribution in [-0.4, -0.2) is 21.0 Å². The van der Waals surface area contributed by atoms with Crippen molar-refractivity contribution in [2.45, 2.75) is 6.92 Å². The van der Waals surface area contributed by atoms with Gasteiger partial charge in [-0.2, -0.15) is 0 Å². The molecule has 2 rings (SSSR count). The number of pyridine rings is 1. The van der Waals surface area contributed by atoms with Crippen LogP contribution >= 0.6 is 0 Å². The lowest BCUT2D eigenvalue weighted by Gasteiger charge is -2.10. The highest BCUT2D eigenvalue weighted by Gasteiger charge is 2.14. The zero-order chi connectivity index (χ0) is 14.7. The van der Waals surface area contributed by atoms with E-state index in [0.29, 0.717) is 11.3 Å². The SMILES string of the molecule is Cc1cc([N+](=O)[O-])ccc1Oc1ccncc1C(=O)O. The number of aryl methyl sites for hydroxylation is 1. The standard InChI is InChI=1S/C13H10N2O5/c1-8-6-9(15(18)19)2-3-11(8)20-12-4-5-14-7-10(12)13(16)17/h2-7H,1H3,(H,16,17). The average Bonchev–Trinajstić information content (AvgIpc) is 2.41. The molecule has 0 bridgehead atoms. The number of nitrogens with zero attached hydrogens (tertiary/aromatic N) is 2. The number of nitro groups is 1. The molecular formula is C13H10N2O5. The number of rotatable bonds is 4. The number of aromatic carboxylic acids is 1. The van der Waals surface area contributed by atoms with Crippen molar-refractivity contribution in [1.29, 1.82) is 0 Å². The van der Waals surface area contributed by atoms with Crippen molar-refractivity contribution in [1.82, 2.24) is 4.98 Å². The van der Waals surface area contributed by atoms with Crippen LogP contribution in [0, 0.1) is 17.0 Å². The zero-order valence-corrected chi connectivity index (χ0v) is 10.4. The van der Waals surface area contributed by atoms with Gasteiger partial charge in [0.15, 0.2) is 0 Å². The minimum Gasteiger partial charge on any atom is -0.477 e. The number of hydrogen-bond donors (Lipinski definition) is 1. The molecule has 7 nitrogen and oxygen atoms in total. The van der Waals surface area contributed by atoms with Crippen molar-refractivity contribution >= 4 is 11.7 Å². The molecule has 0 aliphatic heterocycles. The molecule has 1 N–H and O–H groups in total. The van der Waals surface area contributed by atoms with Crippen molar-refractivity contribution in [3.63, 3.8) is 0 Å². The number of carboxylic acid groups (broad SMARTS) is 1. The minimum absolute atomic E-state index is 0.0527. The van der Waals surface area contributed by atoms with Gasteiger partial charge in [-0.25, -0.2) is 4.79 Å². The van der Waals surface area contributed by atoms with Crippen molar-refractivity contribution in [3.05, 3.63) is 57.9 Å². The molecule has 0 radical (unpaired) electrons. The summed E-state index contributed by atoms with van der Waals surface area (Å²) in [4.78, 5) is 24.9. The van der Waals surface area contributed by atoms with E-state index in [1.165, 1.54) is 36.7 Å². The summed E-state index contributed by atoms with van der Waals surface area (Å²) in [5.41, 5.74) is 0.403. The van der Waals surface area contributed by atoms with Gasteiger partial charge in [-0.05, 0) is 18.6 Å². The first kappa shape index (κ1) is 13.5. The summed E-state index contributed by atoms with van der Waals surface area (Å²) in [6.45, 7) is 1.64. The van der Waals surface area contributed by atoms with Crippen LogP contribution in [0.5, 0.6) is 11.5 Å². The van der Waals surface area contributed by atoms with Gasteiger partial charge in [-0.1, -0.05) is 0 Å². The van der Waals surface area contributed by atoms with Crippen molar-refractivity contribution in [3.8, 4) is 11.5 Å². The minimum atomic E-state index is -1.16. The van der Waals surface area contributed by atoms with E-state index in [4.69, 9.17) is 9.84 Å². The molecule has 20 heavy (non-hydrogen) atoms. The molecule has 0 saturated carbocycles. The van der Waals surface area contributed by atoms with Gasteiger partial charge in [0.05, 0.1) is 4.92 Å². The number of carbonyl (C=O) groups is 1. The fraction of sp³-hybridized carbons (Fsp3) is 0.0769. The summed E-state index contributed by atoms with van der Waals surface area (Å²) >= 11 is 0. The Morgan fingerprint density at radius 2 is 2.10 bits per heavy atom. The fourth-order valence-corrected chi connectivity index (χ4v) is 1.61. The molecule has 7 heteroatoms. The van der Waals surface area contributed by atoms with Gasteiger partial charge in [-0.15, -0.1) is 0 Å². The van der Waals surface area contributed by atoms with Crippen molar-refractivity contribution < 1.29 is 19.6 Å². The van der Waals surface area contributed by atoms with Crippen LogP contribution in [0.25, 0.3) is 0 Å². The van der Waals surface area contributed by atoms with Gasteiger partial charge in [0.1, 0.15) is 17.1 Å². The van der Waals surface area contributed by atoms with Gasteiger partial charge in [0.2, 0.25) is 0 Å². The summed E-state index contributed by atoms with van der Waals surface area (Å²) in [5.74, 6) is -0.679. The van der Waals surface area contributed by atoms with Gasteiger partial charge in [0.25, 0.3) is 5.69 Å². The molecule has 0 saturated heterocycles. The van der Waals surface area contributed by atoms with Crippen molar-refractivity contribution in [2.75, 3.05) is 0 Å². The highest BCUT2D eigenvalue weighted by atomic mass is 16.6. The van der Waals surface area contributed by atoms with Gasteiger partial charge < -0.3 is 9.84 Å². The highest BCUT2D eigenvalue weighted by Crippen LogP contribution is 2.29. The molecule has 1 heterocycles. The first-order valence-corrected chi connectivity index (χ1v) is 5.59. The normalized spacial score (nSPS) is 10.1. The number of non-ortho nitro benzene ring substituents is 1. The van der Waals surface area contributed by atoms with Crippen LogP contribution in [0.4, 0.5) is 5.69 Å². The first-order chi connectivity index (χ1) is 9.49.